The summed E-state index contributed by atoms with van der Waals surface area (Å²) in [6.07, 6.45) is 0.656. The van der Waals surface area contributed by atoms with Crippen LogP contribution in [0.2, 0.25) is 0 Å². The van der Waals surface area contributed by atoms with Crippen LogP contribution in [0.4, 0.5) is 11.4 Å². The number of benzene rings is 1. The number of nitro benzene ring substituents is 1. The molecule has 0 heterocycles. The van der Waals surface area contributed by atoms with Gasteiger partial charge in [-0.15, -0.1) is 12.4 Å². The van der Waals surface area contributed by atoms with Gasteiger partial charge in [0.25, 0.3) is 5.69 Å². The summed E-state index contributed by atoms with van der Waals surface area (Å²) in [5.74, 6) is -0.202. The van der Waals surface area contributed by atoms with Gasteiger partial charge in [0.15, 0.2) is 0 Å². The van der Waals surface area contributed by atoms with Gasteiger partial charge in [0.2, 0.25) is 5.91 Å². The van der Waals surface area contributed by atoms with E-state index in [1.807, 2.05) is 6.07 Å². The predicted octanol–water partition coefficient (Wildman–Crippen LogP) is 1.59. The minimum absolute atomic E-state index is 0. The molecule has 1 atom stereocenters. The SMILES string of the molecule is Cc1ccc(NCCCNC(=O)[C@H](C)N)c([N+](=O)[O-])c1.Cl. The Morgan fingerprint density at radius 1 is 1.43 bits per heavy atom. The van der Waals surface area contributed by atoms with E-state index >= 15 is 0 Å². The highest BCUT2D eigenvalue weighted by atomic mass is 35.5. The van der Waals surface area contributed by atoms with Crippen molar-refractivity contribution in [2.45, 2.75) is 26.3 Å². The van der Waals surface area contributed by atoms with Crippen LogP contribution in [-0.2, 0) is 4.79 Å². The molecule has 1 aromatic rings. The number of carbonyl (C=O) groups excluding carboxylic acids is 1. The maximum absolute atomic E-state index is 11.2. The zero-order chi connectivity index (χ0) is 15.1. The van der Waals surface area contributed by atoms with E-state index < -0.39 is 11.0 Å². The number of hydrogen-bond acceptors (Lipinski definition) is 5. The zero-order valence-electron chi connectivity index (χ0n) is 12.1. The van der Waals surface area contributed by atoms with E-state index in [4.69, 9.17) is 5.73 Å². The van der Waals surface area contributed by atoms with Crippen LogP contribution in [0.5, 0.6) is 0 Å². The molecule has 0 fully saturated rings. The van der Waals surface area contributed by atoms with E-state index in [2.05, 4.69) is 10.6 Å². The Balaban J connectivity index is 0.00000400. The number of nitrogens with two attached hydrogens (primary N) is 1. The van der Waals surface area contributed by atoms with E-state index in [9.17, 15) is 14.9 Å². The monoisotopic (exact) mass is 316 g/mol. The Kier molecular flexibility index (Phi) is 8.34. The molecule has 1 rings (SSSR count). The topological polar surface area (TPSA) is 110 Å². The largest absolute Gasteiger partial charge is 0.379 e. The molecule has 21 heavy (non-hydrogen) atoms. The molecule has 1 amide bonds. The second-order valence-electron chi connectivity index (χ2n) is 4.64. The lowest BCUT2D eigenvalue weighted by Gasteiger charge is -2.09. The normalized spacial score (nSPS) is 11.2. The van der Waals surface area contributed by atoms with Crippen molar-refractivity contribution >= 4 is 29.7 Å². The third-order valence-corrected chi connectivity index (χ3v) is 2.73. The molecule has 8 heteroatoms. The summed E-state index contributed by atoms with van der Waals surface area (Å²) in [6.45, 7) is 4.43. The predicted molar refractivity (Wildman–Crippen MR) is 84.8 cm³/mol. The average Bonchev–Trinajstić information content (AvgIpc) is 2.39. The van der Waals surface area contributed by atoms with Gasteiger partial charge in [0.05, 0.1) is 11.0 Å². The van der Waals surface area contributed by atoms with Crippen molar-refractivity contribution in [2.24, 2.45) is 5.73 Å². The Morgan fingerprint density at radius 2 is 2.10 bits per heavy atom. The van der Waals surface area contributed by atoms with Crippen molar-refractivity contribution in [1.29, 1.82) is 0 Å². The molecule has 0 saturated carbocycles. The minimum atomic E-state index is -0.527. The Hall–Kier alpha value is -1.86. The van der Waals surface area contributed by atoms with Crippen LogP contribution in [0, 0.1) is 17.0 Å². The molecule has 0 aliphatic heterocycles. The number of amides is 1. The molecule has 0 unspecified atom stereocenters. The van der Waals surface area contributed by atoms with Crippen molar-refractivity contribution in [3.63, 3.8) is 0 Å². The fraction of sp³-hybridized carbons (Fsp3) is 0.462. The Morgan fingerprint density at radius 3 is 2.67 bits per heavy atom. The molecule has 0 aliphatic carbocycles. The van der Waals surface area contributed by atoms with Gasteiger partial charge in [-0.1, -0.05) is 6.07 Å². The average molecular weight is 317 g/mol. The van der Waals surface area contributed by atoms with Gasteiger partial charge in [-0.25, -0.2) is 0 Å². The third-order valence-electron chi connectivity index (χ3n) is 2.73. The van der Waals surface area contributed by atoms with Gasteiger partial charge in [-0.05, 0) is 31.9 Å². The number of nitrogens with one attached hydrogen (secondary N) is 2. The van der Waals surface area contributed by atoms with Crippen LogP contribution in [0.25, 0.3) is 0 Å². The number of carbonyl (C=O) groups is 1. The molecule has 1 aromatic carbocycles. The van der Waals surface area contributed by atoms with Gasteiger partial charge in [0, 0.05) is 19.2 Å². The van der Waals surface area contributed by atoms with Crippen molar-refractivity contribution in [3.8, 4) is 0 Å². The highest BCUT2D eigenvalue weighted by Crippen LogP contribution is 2.24. The van der Waals surface area contributed by atoms with Crippen LogP contribution < -0.4 is 16.4 Å². The summed E-state index contributed by atoms with van der Waals surface area (Å²) in [5, 5.41) is 16.6. The number of nitrogens with zero attached hydrogens (tertiary/aromatic N) is 1. The van der Waals surface area contributed by atoms with Crippen molar-refractivity contribution < 1.29 is 9.72 Å². The van der Waals surface area contributed by atoms with Crippen molar-refractivity contribution in [3.05, 3.63) is 33.9 Å². The molecule has 0 spiro atoms. The Bertz CT molecular complexity index is 494. The molecule has 0 radical (unpaired) electrons. The van der Waals surface area contributed by atoms with Gasteiger partial charge in [-0.2, -0.15) is 0 Å². The van der Waals surface area contributed by atoms with E-state index in [-0.39, 0.29) is 24.0 Å². The van der Waals surface area contributed by atoms with E-state index in [0.29, 0.717) is 25.2 Å². The van der Waals surface area contributed by atoms with Crippen LogP contribution in [-0.4, -0.2) is 30.0 Å². The van der Waals surface area contributed by atoms with E-state index in [1.54, 1.807) is 19.9 Å². The number of aryl methyl sites for hydroxylation is 1. The van der Waals surface area contributed by atoms with Gasteiger partial charge in [0.1, 0.15) is 5.69 Å². The fourth-order valence-electron chi connectivity index (χ4n) is 1.63. The smallest absolute Gasteiger partial charge is 0.292 e. The summed E-state index contributed by atoms with van der Waals surface area (Å²) in [6, 6.07) is 4.50. The molecule has 0 aliphatic rings. The lowest BCUT2D eigenvalue weighted by atomic mass is 10.2. The molecule has 7 nitrogen and oxygen atoms in total. The van der Waals surface area contributed by atoms with E-state index in [0.717, 1.165) is 5.56 Å². The first-order valence-electron chi connectivity index (χ1n) is 6.44. The Labute approximate surface area is 129 Å². The van der Waals surface area contributed by atoms with Crippen LogP contribution in [0.15, 0.2) is 18.2 Å². The molecular weight excluding hydrogens is 296 g/mol. The first-order valence-corrected chi connectivity index (χ1v) is 6.44. The molecular formula is C13H21ClN4O3. The maximum atomic E-state index is 11.2. The fourth-order valence-corrected chi connectivity index (χ4v) is 1.63. The highest BCUT2D eigenvalue weighted by molar-refractivity contribution is 5.85. The summed E-state index contributed by atoms with van der Waals surface area (Å²) in [7, 11) is 0. The number of nitro groups is 1. The third kappa shape index (κ3) is 6.42. The molecule has 0 bridgehead atoms. The summed E-state index contributed by atoms with van der Waals surface area (Å²) in [4.78, 5) is 21.7. The van der Waals surface area contributed by atoms with Gasteiger partial charge in [-0.3, -0.25) is 14.9 Å². The first-order chi connectivity index (χ1) is 9.41. The number of halogens is 1. The molecule has 0 saturated heterocycles. The van der Waals surface area contributed by atoms with Crippen LogP contribution in [0.3, 0.4) is 0 Å². The summed E-state index contributed by atoms with van der Waals surface area (Å²) >= 11 is 0. The van der Waals surface area contributed by atoms with Crippen LogP contribution in [0.1, 0.15) is 18.9 Å². The molecule has 118 valence electrons. The maximum Gasteiger partial charge on any atom is 0.292 e. The van der Waals surface area contributed by atoms with E-state index in [1.165, 1.54) is 6.07 Å². The minimum Gasteiger partial charge on any atom is -0.379 e. The number of anilines is 1. The lowest BCUT2D eigenvalue weighted by molar-refractivity contribution is -0.384. The standard InChI is InChI=1S/C13H20N4O3.ClH/c1-9-4-5-11(12(8-9)17(19)20)15-6-3-7-16-13(18)10(2)14;/h4-5,8,10,15H,3,6-7,14H2,1-2H3,(H,16,18);1H/t10-;/m0./s1. The second-order valence-corrected chi connectivity index (χ2v) is 4.64. The quantitative estimate of drug-likeness (QED) is 0.402. The summed E-state index contributed by atoms with van der Waals surface area (Å²) < 4.78 is 0. The zero-order valence-corrected chi connectivity index (χ0v) is 12.9. The van der Waals surface area contributed by atoms with Gasteiger partial charge >= 0.3 is 0 Å². The lowest BCUT2D eigenvalue weighted by Crippen LogP contribution is -2.39. The number of hydrogen-bond donors (Lipinski definition) is 3. The van der Waals surface area contributed by atoms with Crippen molar-refractivity contribution in [1.82, 2.24) is 5.32 Å². The molecule has 4 N–H and O–H groups in total. The van der Waals surface area contributed by atoms with Crippen molar-refractivity contribution in [2.75, 3.05) is 18.4 Å². The number of rotatable bonds is 7. The van der Waals surface area contributed by atoms with Gasteiger partial charge < -0.3 is 16.4 Å². The van der Waals surface area contributed by atoms with Crippen LogP contribution >= 0.6 is 12.4 Å². The second kappa shape index (κ2) is 9.15. The first kappa shape index (κ1) is 19.1. The highest BCUT2D eigenvalue weighted by Gasteiger charge is 2.13. The summed E-state index contributed by atoms with van der Waals surface area (Å²) in [5.41, 5.74) is 6.79. The molecule has 0 aromatic heterocycles.